The summed E-state index contributed by atoms with van der Waals surface area (Å²) in [6.07, 6.45) is 0. The van der Waals surface area contributed by atoms with Crippen LogP contribution in [-0.2, 0) is 0 Å². The molecule has 0 atom stereocenters. The Kier molecular flexibility index (Phi) is 1.54. The number of rotatable bonds is 0. The fourth-order valence-corrected chi connectivity index (χ4v) is 1.13. The van der Waals surface area contributed by atoms with E-state index in [0.717, 1.165) is 0 Å². The van der Waals surface area contributed by atoms with Gasteiger partial charge in [-0.15, -0.1) is 11.3 Å². The van der Waals surface area contributed by atoms with Crippen molar-refractivity contribution in [2.45, 2.75) is 0 Å². The zero-order chi connectivity index (χ0) is 6.15. The van der Waals surface area contributed by atoms with Gasteiger partial charge >= 0.3 is 0 Å². The SMILES string of the molecule is [CH]c1nc(Cl)sc1[CH]. The first-order valence-corrected chi connectivity index (χ1v) is 3.07. The fourth-order valence-electron chi connectivity index (χ4n) is 0.316. The highest BCUT2D eigenvalue weighted by Crippen LogP contribution is 2.20. The largest absolute Gasteiger partial charge is 0.229 e. The zero-order valence-electron chi connectivity index (χ0n) is 3.89. The highest BCUT2D eigenvalue weighted by atomic mass is 35.5. The molecule has 1 aromatic rings. The van der Waals surface area contributed by atoms with Gasteiger partial charge in [-0.3, -0.25) is 0 Å². The molecule has 0 saturated heterocycles. The van der Waals surface area contributed by atoms with Crippen LogP contribution in [0.1, 0.15) is 10.6 Å². The molecule has 0 amide bonds. The smallest absolute Gasteiger partial charge is 0.184 e. The lowest BCUT2D eigenvalue weighted by Crippen LogP contribution is -1.69. The first-order valence-electron chi connectivity index (χ1n) is 1.87. The zero-order valence-corrected chi connectivity index (χ0v) is 5.46. The van der Waals surface area contributed by atoms with E-state index >= 15 is 0 Å². The minimum absolute atomic E-state index is 0.319. The number of halogens is 1. The predicted octanol–water partition coefficient (Wildman–Crippen LogP) is 1.91. The third-order valence-corrected chi connectivity index (χ3v) is 1.66. The molecule has 0 aliphatic heterocycles. The van der Waals surface area contributed by atoms with Crippen LogP contribution in [0.5, 0.6) is 0 Å². The van der Waals surface area contributed by atoms with Gasteiger partial charge in [0.1, 0.15) is 0 Å². The molecule has 0 bridgehead atoms. The third kappa shape index (κ3) is 1.01. The molecule has 1 rings (SSSR count). The van der Waals surface area contributed by atoms with Gasteiger partial charge in [0.15, 0.2) is 4.47 Å². The van der Waals surface area contributed by atoms with Gasteiger partial charge < -0.3 is 0 Å². The van der Waals surface area contributed by atoms with Crippen LogP contribution in [0.25, 0.3) is 0 Å². The Hall–Kier alpha value is -0.0800. The summed E-state index contributed by atoms with van der Waals surface area (Å²) in [5.41, 5.74) is 0.319. The monoisotopic (exact) mass is 143 g/mol. The molecule has 0 N–H and O–H groups in total. The Morgan fingerprint density at radius 1 is 1.50 bits per heavy atom. The molecule has 3 heteroatoms. The lowest BCUT2D eigenvalue weighted by molar-refractivity contribution is 1.34. The third-order valence-electron chi connectivity index (χ3n) is 0.655. The molecule has 0 spiro atoms. The Morgan fingerprint density at radius 2 is 2.12 bits per heavy atom. The summed E-state index contributed by atoms with van der Waals surface area (Å²) in [7, 11) is 0. The molecule has 1 nitrogen and oxygen atoms in total. The number of aromatic nitrogens is 1. The maximum atomic E-state index is 5.41. The summed E-state index contributed by atoms with van der Waals surface area (Å²) in [5.74, 6) is 0. The first kappa shape index (κ1) is 6.05. The maximum absolute atomic E-state index is 5.41. The van der Waals surface area contributed by atoms with Gasteiger partial charge in [-0.25, -0.2) is 4.98 Å². The second kappa shape index (κ2) is 2.03. The average Bonchev–Trinajstić information content (AvgIpc) is 1.85. The van der Waals surface area contributed by atoms with Crippen molar-refractivity contribution in [3.05, 3.63) is 28.9 Å². The van der Waals surface area contributed by atoms with Gasteiger partial charge in [-0.1, -0.05) is 11.6 Å². The fraction of sp³-hybridized carbons (Fsp3) is 0. The molecule has 0 aromatic carbocycles. The van der Waals surface area contributed by atoms with Gasteiger partial charge in [0.25, 0.3) is 0 Å². The summed E-state index contributed by atoms with van der Waals surface area (Å²) in [6.45, 7) is 10.5. The van der Waals surface area contributed by atoms with Gasteiger partial charge in [0.05, 0.1) is 5.69 Å². The van der Waals surface area contributed by atoms with E-state index in [1.807, 2.05) is 0 Å². The minimum Gasteiger partial charge on any atom is -0.229 e. The van der Waals surface area contributed by atoms with Crippen LogP contribution in [0, 0.1) is 13.8 Å². The maximum Gasteiger partial charge on any atom is 0.184 e. The van der Waals surface area contributed by atoms with Gasteiger partial charge in [0.2, 0.25) is 0 Å². The van der Waals surface area contributed by atoms with E-state index in [0.29, 0.717) is 15.0 Å². The van der Waals surface area contributed by atoms with Crippen molar-refractivity contribution in [3.63, 3.8) is 0 Å². The van der Waals surface area contributed by atoms with Crippen molar-refractivity contribution < 1.29 is 0 Å². The van der Waals surface area contributed by atoms with Crippen LogP contribution in [0.15, 0.2) is 0 Å². The molecule has 8 heavy (non-hydrogen) atoms. The molecule has 0 fully saturated rings. The van der Waals surface area contributed by atoms with Crippen LogP contribution < -0.4 is 0 Å². The van der Waals surface area contributed by atoms with Crippen molar-refractivity contribution in [3.8, 4) is 0 Å². The molecule has 0 unspecified atom stereocenters. The van der Waals surface area contributed by atoms with Crippen LogP contribution in [-0.4, -0.2) is 4.98 Å². The van der Waals surface area contributed by atoms with E-state index in [4.69, 9.17) is 25.4 Å². The number of hydrogen-bond acceptors (Lipinski definition) is 2. The van der Waals surface area contributed by atoms with Crippen LogP contribution >= 0.6 is 22.9 Å². The van der Waals surface area contributed by atoms with Crippen LogP contribution in [0.4, 0.5) is 0 Å². The molecule has 0 saturated carbocycles. The molecule has 4 radical (unpaired) electrons. The average molecular weight is 144 g/mol. The Balaban J connectivity index is 3.14. The summed E-state index contributed by atoms with van der Waals surface area (Å²) in [4.78, 5) is 4.13. The summed E-state index contributed by atoms with van der Waals surface area (Å²) >= 11 is 6.59. The van der Waals surface area contributed by atoms with Gasteiger partial charge in [-0.05, 0) is 0 Å². The number of thiazole rings is 1. The lowest BCUT2D eigenvalue weighted by atomic mass is 10.4. The summed E-state index contributed by atoms with van der Waals surface area (Å²) in [5, 5.41) is 0. The minimum atomic E-state index is 0.319. The van der Waals surface area contributed by atoms with E-state index < -0.39 is 0 Å². The molecule has 1 heterocycles. The Labute approximate surface area is 57.3 Å². The van der Waals surface area contributed by atoms with Crippen molar-refractivity contribution >= 4 is 22.9 Å². The number of hydrogen-bond donors (Lipinski definition) is 0. The topological polar surface area (TPSA) is 12.9 Å². The number of nitrogens with zero attached hydrogens (tertiary/aromatic N) is 1. The van der Waals surface area contributed by atoms with Gasteiger partial charge in [-0.2, -0.15) is 0 Å². The highest BCUT2D eigenvalue weighted by Gasteiger charge is 1.98. The molecular formula is C5H2ClNS. The lowest BCUT2D eigenvalue weighted by Gasteiger charge is -1.75. The van der Waals surface area contributed by atoms with Crippen LogP contribution in [0.3, 0.4) is 0 Å². The van der Waals surface area contributed by atoms with Crippen molar-refractivity contribution in [2.24, 2.45) is 0 Å². The Bertz CT molecular complexity index is 175. The van der Waals surface area contributed by atoms with Crippen molar-refractivity contribution in [1.82, 2.24) is 4.98 Å². The molecule has 0 aliphatic carbocycles. The second-order valence-corrected chi connectivity index (χ2v) is 2.83. The van der Waals surface area contributed by atoms with E-state index in [1.54, 1.807) is 0 Å². The van der Waals surface area contributed by atoms with Gasteiger partial charge in [0, 0.05) is 18.7 Å². The van der Waals surface area contributed by atoms with E-state index in [2.05, 4.69) is 4.98 Å². The molecule has 40 valence electrons. The van der Waals surface area contributed by atoms with E-state index in [9.17, 15) is 0 Å². The van der Waals surface area contributed by atoms with Crippen LogP contribution in [0.2, 0.25) is 4.47 Å². The van der Waals surface area contributed by atoms with E-state index in [-0.39, 0.29) is 0 Å². The molecular weight excluding hydrogens is 142 g/mol. The molecule has 0 aliphatic rings. The molecule has 1 aromatic heterocycles. The first-order chi connectivity index (χ1) is 3.70. The summed E-state index contributed by atoms with van der Waals surface area (Å²) < 4.78 is 0.389. The van der Waals surface area contributed by atoms with Crippen molar-refractivity contribution in [1.29, 1.82) is 0 Å². The highest BCUT2D eigenvalue weighted by molar-refractivity contribution is 7.16. The quantitative estimate of drug-likeness (QED) is 0.541. The summed E-state index contributed by atoms with van der Waals surface area (Å²) in [6, 6.07) is 0. The normalized spacial score (nSPS) is 9.88. The predicted molar refractivity (Wildman–Crippen MR) is 33.9 cm³/mol. The van der Waals surface area contributed by atoms with E-state index in [1.165, 1.54) is 11.3 Å². The second-order valence-electron chi connectivity index (χ2n) is 1.22. The Morgan fingerprint density at radius 3 is 2.25 bits per heavy atom. The van der Waals surface area contributed by atoms with Crippen molar-refractivity contribution in [2.75, 3.05) is 0 Å². The standard InChI is InChI=1S/C5H2ClNS/c1-3-4(2)8-5(6)7-3/h1-2H.